The zero-order chi connectivity index (χ0) is 20.1. The van der Waals surface area contributed by atoms with Crippen molar-refractivity contribution in [2.45, 2.75) is 38.1 Å². The van der Waals surface area contributed by atoms with Crippen molar-refractivity contribution in [3.63, 3.8) is 0 Å². The van der Waals surface area contributed by atoms with Gasteiger partial charge in [-0.15, -0.1) is 0 Å². The largest absolute Gasteiger partial charge is 0.349 e. The Bertz CT molecular complexity index is 828. The summed E-state index contributed by atoms with van der Waals surface area (Å²) in [6.07, 6.45) is 5.76. The first-order valence-corrected chi connectivity index (χ1v) is 9.65. The lowest BCUT2D eigenvalue weighted by atomic mass is 9.84. The lowest BCUT2D eigenvalue weighted by molar-refractivity contribution is -0.129. The molecule has 0 spiro atoms. The van der Waals surface area contributed by atoms with Gasteiger partial charge in [-0.1, -0.05) is 12.1 Å². The number of benzene rings is 1. The van der Waals surface area contributed by atoms with Crippen LogP contribution in [0.1, 0.15) is 42.5 Å². The summed E-state index contributed by atoms with van der Waals surface area (Å²) in [5.74, 6) is 0.0994. The van der Waals surface area contributed by atoms with Crippen molar-refractivity contribution in [3.05, 3.63) is 54.0 Å². The van der Waals surface area contributed by atoms with Crippen LogP contribution in [0.4, 0.5) is 4.39 Å². The van der Waals surface area contributed by atoms with E-state index in [0.29, 0.717) is 29.2 Å². The van der Waals surface area contributed by atoms with Gasteiger partial charge in [-0.05, 0) is 55.9 Å². The van der Waals surface area contributed by atoms with Crippen LogP contribution in [0.15, 0.2) is 42.6 Å². The molecule has 28 heavy (non-hydrogen) atoms. The maximum absolute atomic E-state index is 13.3. The molecule has 0 unspecified atom stereocenters. The van der Waals surface area contributed by atoms with Gasteiger partial charge in [0.2, 0.25) is 5.91 Å². The van der Waals surface area contributed by atoms with Gasteiger partial charge in [0, 0.05) is 38.3 Å². The molecule has 1 aromatic heterocycles. The van der Waals surface area contributed by atoms with Gasteiger partial charge in [0.1, 0.15) is 5.82 Å². The Labute approximate surface area is 165 Å². The van der Waals surface area contributed by atoms with Gasteiger partial charge >= 0.3 is 0 Å². The molecule has 1 aliphatic rings. The molecule has 148 valence electrons. The van der Waals surface area contributed by atoms with E-state index in [4.69, 9.17) is 0 Å². The summed E-state index contributed by atoms with van der Waals surface area (Å²) in [6.45, 7) is 0. The average Bonchev–Trinajstić information content (AvgIpc) is 2.69. The van der Waals surface area contributed by atoms with E-state index >= 15 is 0 Å². The van der Waals surface area contributed by atoms with Crippen molar-refractivity contribution >= 4 is 11.8 Å². The molecule has 1 N–H and O–H groups in total. The van der Waals surface area contributed by atoms with E-state index < -0.39 is 0 Å². The highest BCUT2D eigenvalue weighted by Crippen LogP contribution is 2.27. The highest BCUT2D eigenvalue weighted by atomic mass is 19.1. The van der Waals surface area contributed by atoms with Gasteiger partial charge < -0.3 is 10.2 Å². The number of carbonyl (C=O) groups excluding carboxylic acids is 2. The molecule has 1 aromatic carbocycles. The molecule has 0 atom stereocenters. The quantitative estimate of drug-likeness (QED) is 0.857. The minimum Gasteiger partial charge on any atom is -0.349 e. The second-order valence-electron chi connectivity index (χ2n) is 7.63. The Morgan fingerprint density at radius 3 is 2.50 bits per heavy atom. The molecule has 1 aliphatic carbocycles. The number of nitrogens with one attached hydrogen (secondary N) is 1. The number of amides is 2. The van der Waals surface area contributed by atoms with E-state index in [-0.39, 0.29) is 23.7 Å². The van der Waals surface area contributed by atoms with Crippen molar-refractivity contribution in [2.24, 2.45) is 5.92 Å². The number of pyridine rings is 1. The summed E-state index contributed by atoms with van der Waals surface area (Å²) >= 11 is 0. The lowest BCUT2D eigenvalue weighted by Crippen LogP contribution is -2.38. The topological polar surface area (TPSA) is 62.3 Å². The number of halogens is 1. The van der Waals surface area contributed by atoms with E-state index in [1.54, 1.807) is 43.3 Å². The number of hydrogen-bond acceptors (Lipinski definition) is 3. The maximum Gasteiger partial charge on any atom is 0.253 e. The van der Waals surface area contributed by atoms with Crippen LogP contribution in [0.3, 0.4) is 0 Å². The first-order chi connectivity index (χ1) is 13.4. The highest BCUT2D eigenvalue weighted by Gasteiger charge is 2.25. The van der Waals surface area contributed by atoms with Gasteiger partial charge in [0.15, 0.2) is 0 Å². The molecule has 1 fully saturated rings. The van der Waals surface area contributed by atoms with Gasteiger partial charge in [-0.25, -0.2) is 4.39 Å². The molecule has 0 aliphatic heterocycles. The van der Waals surface area contributed by atoms with E-state index in [0.717, 1.165) is 25.7 Å². The van der Waals surface area contributed by atoms with Crippen LogP contribution >= 0.6 is 0 Å². The fourth-order valence-corrected chi connectivity index (χ4v) is 3.56. The number of rotatable bonds is 5. The SMILES string of the molecule is CN(C)C(=O)C[C@H]1CC[C@H](NC(=O)c2ccc(-c3cccc(F)c3)nc2)CC1. The van der Waals surface area contributed by atoms with Crippen LogP contribution in [0.5, 0.6) is 0 Å². The first kappa shape index (κ1) is 20.0. The normalized spacial score (nSPS) is 19.1. The van der Waals surface area contributed by atoms with Crippen molar-refractivity contribution in [2.75, 3.05) is 14.1 Å². The van der Waals surface area contributed by atoms with E-state index in [1.165, 1.54) is 18.3 Å². The van der Waals surface area contributed by atoms with Gasteiger partial charge in [0.25, 0.3) is 5.91 Å². The molecule has 0 radical (unpaired) electrons. The average molecular weight is 383 g/mol. The van der Waals surface area contributed by atoms with Crippen LogP contribution in [0.25, 0.3) is 11.3 Å². The predicted molar refractivity (Wildman–Crippen MR) is 106 cm³/mol. The van der Waals surface area contributed by atoms with Crippen LogP contribution < -0.4 is 5.32 Å². The lowest BCUT2D eigenvalue weighted by Gasteiger charge is -2.29. The Morgan fingerprint density at radius 2 is 1.89 bits per heavy atom. The van der Waals surface area contributed by atoms with Crippen LogP contribution in [0.2, 0.25) is 0 Å². The van der Waals surface area contributed by atoms with Crippen LogP contribution in [0, 0.1) is 11.7 Å². The highest BCUT2D eigenvalue weighted by molar-refractivity contribution is 5.94. The zero-order valence-electron chi connectivity index (χ0n) is 16.3. The summed E-state index contributed by atoms with van der Waals surface area (Å²) in [5.41, 5.74) is 1.80. The monoisotopic (exact) mass is 383 g/mol. The van der Waals surface area contributed by atoms with E-state index in [2.05, 4.69) is 10.3 Å². The summed E-state index contributed by atoms with van der Waals surface area (Å²) in [4.78, 5) is 30.3. The molecular formula is C22H26FN3O2. The second kappa shape index (κ2) is 8.95. The Kier molecular flexibility index (Phi) is 6.39. The summed E-state index contributed by atoms with van der Waals surface area (Å²) in [5, 5.41) is 3.07. The third-order valence-electron chi connectivity index (χ3n) is 5.29. The van der Waals surface area contributed by atoms with Crippen molar-refractivity contribution in [1.82, 2.24) is 15.2 Å². The third kappa shape index (κ3) is 5.15. The van der Waals surface area contributed by atoms with E-state index in [1.807, 2.05) is 0 Å². The van der Waals surface area contributed by atoms with Crippen LogP contribution in [-0.4, -0.2) is 41.8 Å². The van der Waals surface area contributed by atoms with Gasteiger partial charge in [0.05, 0.1) is 11.3 Å². The summed E-state index contributed by atoms with van der Waals surface area (Å²) < 4.78 is 13.3. The molecule has 1 heterocycles. The molecular weight excluding hydrogens is 357 g/mol. The number of aromatic nitrogens is 1. The van der Waals surface area contributed by atoms with Gasteiger partial charge in [-0.3, -0.25) is 14.6 Å². The fraction of sp³-hybridized carbons (Fsp3) is 0.409. The minimum absolute atomic E-state index is 0.126. The zero-order valence-corrected chi connectivity index (χ0v) is 16.3. The first-order valence-electron chi connectivity index (χ1n) is 9.65. The van der Waals surface area contributed by atoms with Crippen molar-refractivity contribution < 1.29 is 14.0 Å². The number of hydrogen-bond donors (Lipinski definition) is 1. The summed E-state index contributed by atoms with van der Waals surface area (Å²) in [6, 6.07) is 9.79. The smallest absolute Gasteiger partial charge is 0.253 e. The third-order valence-corrected chi connectivity index (χ3v) is 5.29. The van der Waals surface area contributed by atoms with Gasteiger partial charge in [-0.2, -0.15) is 0 Å². The number of carbonyl (C=O) groups is 2. The van der Waals surface area contributed by atoms with E-state index in [9.17, 15) is 14.0 Å². The molecule has 3 rings (SSSR count). The molecule has 2 amide bonds. The second-order valence-corrected chi connectivity index (χ2v) is 7.63. The fourth-order valence-electron chi connectivity index (χ4n) is 3.56. The van der Waals surface area contributed by atoms with Crippen LogP contribution in [-0.2, 0) is 4.79 Å². The summed E-state index contributed by atoms with van der Waals surface area (Å²) in [7, 11) is 3.56. The van der Waals surface area contributed by atoms with Crippen molar-refractivity contribution in [1.29, 1.82) is 0 Å². The standard InChI is InChI=1S/C22H26FN3O2/c1-26(2)21(27)12-15-6-9-19(10-7-15)25-22(28)17-8-11-20(24-14-17)16-4-3-5-18(23)13-16/h3-5,8,11,13-15,19H,6-7,9-10,12H2,1-2H3,(H,25,28)/t15-,19-. The van der Waals surface area contributed by atoms with Crippen molar-refractivity contribution in [3.8, 4) is 11.3 Å². The molecule has 0 bridgehead atoms. The Hall–Kier alpha value is -2.76. The Morgan fingerprint density at radius 1 is 1.14 bits per heavy atom. The Balaban J connectivity index is 1.52. The maximum atomic E-state index is 13.3. The molecule has 5 nitrogen and oxygen atoms in total. The minimum atomic E-state index is -0.316. The predicted octanol–water partition coefficient (Wildman–Crippen LogP) is 3.65. The molecule has 6 heteroatoms. The molecule has 1 saturated carbocycles. The molecule has 0 saturated heterocycles. The number of nitrogens with zero attached hydrogens (tertiary/aromatic N) is 2. The molecule has 2 aromatic rings.